The second-order valence-corrected chi connectivity index (χ2v) is 13.3. The van der Waals surface area contributed by atoms with E-state index in [-0.39, 0.29) is 25.8 Å². The molecule has 2 bridgehead atoms. The summed E-state index contributed by atoms with van der Waals surface area (Å²) in [5.41, 5.74) is -2.13. The van der Waals surface area contributed by atoms with Crippen molar-refractivity contribution < 1.29 is 39.6 Å². The molecular formula is C23H27ClF6N4O3S. The fourth-order valence-corrected chi connectivity index (χ4v) is 7.45. The number of amides is 1. The molecule has 0 aromatic heterocycles. The van der Waals surface area contributed by atoms with Gasteiger partial charge in [0, 0.05) is 29.1 Å². The standard InChI is InChI=1S/C23H27ClF6N4O3S/c1-19(2)16(17(35)31-8-7-22(25,26)27)32-18(33-19)20-10-21(11-20,12-20)34(38(36,37)13-23(28,29)30)9-14-3-5-15(24)6-4-14/h3-6,16H,7-13H2,1-2H3,(H,31,35)(H,32,33)/t16-,20?,21?/m0/s1. The molecule has 1 amide bonds. The fourth-order valence-electron chi connectivity index (χ4n) is 5.63. The number of rotatable bonds is 9. The summed E-state index contributed by atoms with van der Waals surface area (Å²) < 4.78 is 104. The number of benzene rings is 1. The maximum Gasteiger partial charge on any atom is 0.404 e. The predicted octanol–water partition coefficient (Wildman–Crippen LogP) is 4.17. The van der Waals surface area contributed by atoms with Gasteiger partial charge < -0.3 is 10.6 Å². The number of hydrogen-bond donors (Lipinski definition) is 2. The molecule has 3 saturated carbocycles. The highest BCUT2D eigenvalue weighted by Crippen LogP contribution is 2.71. The summed E-state index contributed by atoms with van der Waals surface area (Å²) in [6.45, 7) is 2.48. The van der Waals surface area contributed by atoms with Crippen LogP contribution in [0.3, 0.4) is 0 Å². The van der Waals surface area contributed by atoms with Gasteiger partial charge in [-0.15, -0.1) is 0 Å². The first-order valence-electron chi connectivity index (χ1n) is 11.8. The lowest BCUT2D eigenvalue weighted by atomic mass is 9.38. The van der Waals surface area contributed by atoms with Crippen LogP contribution >= 0.6 is 11.6 Å². The molecule has 1 heterocycles. The van der Waals surface area contributed by atoms with Crippen LogP contribution in [0.25, 0.3) is 0 Å². The van der Waals surface area contributed by atoms with Crippen molar-refractivity contribution in [3.8, 4) is 0 Å². The van der Waals surface area contributed by atoms with Gasteiger partial charge in [0.25, 0.3) is 0 Å². The monoisotopic (exact) mass is 588 g/mol. The van der Waals surface area contributed by atoms with Crippen molar-refractivity contribution in [2.24, 2.45) is 10.4 Å². The van der Waals surface area contributed by atoms with Crippen LogP contribution in [-0.4, -0.2) is 66.2 Å². The van der Waals surface area contributed by atoms with Crippen molar-refractivity contribution in [1.82, 2.24) is 14.9 Å². The van der Waals surface area contributed by atoms with Crippen LogP contribution in [0.15, 0.2) is 29.3 Å². The molecule has 1 aliphatic heterocycles. The van der Waals surface area contributed by atoms with Gasteiger partial charge in [0.15, 0.2) is 11.8 Å². The Kier molecular flexibility index (Phi) is 7.05. The molecule has 4 aliphatic rings. The van der Waals surface area contributed by atoms with Gasteiger partial charge in [0.1, 0.15) is 5.84 Å². The molecule has 1 atom stereocenters. The van der Waals surface area contributed by atoms with Crippen molar-refractivity contribution in [2.75, 3.05) is 12.3 Å². The Morgan fingerprint density at radius 1 is 1.11 bits per heavy atom. The van der Waals surface area contributed by atoms with Gasteiger partial charge in [-0.05, 0) is 50.8 Å². The van der Waals surface area contributed by atoms with Gasteiger partial charge in [-0.2, -0.15) is 30.6 Å². The molecule has 3 aliphatic carbocycles. The largest absolute Gasteiger partial charge is 0.404 e. The maximum atomic E-state index is 13.2. The quantitative estimate of drug-likeness (QED) is 0.424. The highest BCUT2D eigenvalue weighted by Gasteiger charge is 2.75. The van der Waals surface area contributed by atoms with E-state index in [9.17, 15) is 39.6 Å². The number of nitrogens with one attached hydrogen (secondary N) is 2. The van der Waals surface area contributed by atoms with E-state index in [2.05, 4.69) is 15.6 Å². The van der Waals surface area contributed by atoms with Crippen molar-refractivity contribution in [3.05, 3.63) is 34.9 Å². The van der Waals surface area contributed by atoms with Crippen molar-refractivity contribution in [2.45, 2.75) is 75.5 Å². The Bertz CT molecular complexity index is 1210. The smallest absolute Gasteiger partial charge is 0.366 e. The van der Waals surface area contributed by atoms with Gasteiger partial charge in [0.05, 0.1) is 12.0 Å². The molecule has 2 N–H and O–H groups in total. The second-order valence-electron chi connectivity index (χ2n) is 10.9. The van der Waals surface area contributed by atoms with Crippen LogP contribution in [-0.2, 0) is 21.4 Å². The van der Waals surface area contributed by atoms with Crippen LogP contribution in [0, 0.1) is 5.41 Å². The molecule has 3 fully saturated rings. The average molecular weight is 589 g/mol. The van der Waals surface area contributed by atoms with E-state index >= 15 is 0 Å². The average Bonchev–Trinajstić information content (AvgIpc) is 2.99. The third-order valence-corrected chi connectivity index (χ3v) is 9.43. The maximum absolute atomic E-state index is 13.2. The number of halogens is 7. The predicted molar refractivity (Wildman–Crippen MR) is 128 cm³/mol. The molecule has 38 heavy (non-hydrogen) atoms. The number of alkyl halides is 6. The zero-order valence-corrected chi connectivity index (χ0v) is 22.1. The van der Waals surface area contributed by atoms with Crippen LogP contribution in [0.1, 0.15) is 45.1 Å². The van der Waals surface area contributed by atoms with Crippen LogP contribution in [0.2, 0.25) is 5.02 Å². The minimum absolute atomic E-state index is 0.203. The van der Waals surface area contributed by atoms with Gasteiger partial charge >= 0.3 is 12.4 Å². The Morgan fingerprint density at radius 2 is 1.68 bits per heavy atom. The minimum atomic E-state index is -4.92. The molecule has 15 heteroatoms. The summed E-state index contributed by atoms with van der Waals surface area (Å²) in [7, 11) is -4.73. The van der Waals surface area contributed by atoms with Crippen LogP contribution < -0.4 is 10.6 Å². The Morgan fingerprint density at radius 3 is 2.21 bits per heavy atom. The molecule has 1 aromatic rings. The van der Waals surface area contributed by atoms with E-state index in [1.54, 1.807) is 26.0 Å². The highest BCUT2D eigenvalue weighted by atomic mass is 35.5. The van der Waals surface area contributed by atoms with E-state index in [1.807, 2.05) is 0 Å². The summed E-state index contributed by atoms with van der Waals surface area (Å²) in [6.07, 6.45) is -9.92. The van der Waals surface area contributed by atoms with Crippen LogP contribution in [0.4, 0.5) is 26.3 Å². The summed E-state index contributed by atoms with van der Waals surface area (Å²) in [5, 5.41) is 5.78. The van der Waals surface area contributed by atoms with Crippen molar-refractivity contribution >= 4 is 33.4 Å². The Balaban J connectivity index is 1.51. The summed E-state index contributed by atoms with van der Waals surface area (Å²) in [4.78, 5) is 17.0. The number of carbonyl (C=O) groups excluding carboxylic acids is 1. The molecule has 212 valence electrons. The van der Waals surface area contributed by atoms with Gasteiger partial charge in [-0.3, -0.25) is 9.79 Å². The van der Waals surface area contributed by atoms with Gasteiger partial charge in [-0.1, -0.05) is 23.7 Å². The first-order chi connectivity index (χ1) is 17.3. The lowest BCUT2D eigenvalue weighted by molar-refractivity contribution is -0.153. The normalized spacial score (nSPS) is 28.3. The lowest BCUT2D eigenvalue weighted by Crippen LogP contribution is -2.79. The van der Waals surface area contributed by atoms with Crippen molar-refractivity contribution in [1.29, 1.82) is 0 Å². The topological polar surface area (TPSA) is 90.9 Å². The molecule has 0 unspecified atom stereocenters. The zero-order chi connectivity index (χ0) is 28.4. The van der Waals surface area contributed by atoms with Crippen LogP contribution in [0.5, 0.6) is 0 Å². The van der Waals surface area contributed by atoms with E-state index in [0.717, 1.165) is 4.31 Å². The third kappa shape index (κ3) is 5.76. The first kappa shape index (κ1) is 28.9. The Labute approximate surface area is 221 Å². The molecule has 0 saturated heterocycles. The first-order valence-corrected chi connectivity index (χ1v) is 13.8. The number of amidine groups is 1. The van der Waals surface area contributed by atoms with E-state index < -0.39 is 69.5 Å². The molecule has 1 aromatic carbocycles. The second kappa shape index (κ2) is 9.26. The van der Waals surface area contributed by atoms with E-state index in [0.29, 0.717) is 16.4 Å². The molecular weight excluding hydrogens is 562 g/mol. The summed E-state index contributed by atoms with van der Waals surface area (Å²) in [6, 6.07) is 5.12. The minimum Gasteiger partial charge on any atom is -0.366 e. The molecule has 5 rings (SSSR count). The SMILES string of the molecule is CC1(C)NC(C23CC(N(Cc4ccc(Cl)cc4)S(=O)(=O)CC(F)(F)F)(C2)C3)=N[C@H]1C(=O)NCCC(F)(F)F. The Hall–Kier alpha value is -2.06. The number of hydrogen-bond acceptors (Lipinski definition) is 5. The lowest BCUT2D eigenvalue weighted by Gasteiger charge is -2.73. The number of aliphatic imine (C=N–C) groups is 1. The fraction of sp³-hybridized carbons (Fsp3) is 0.652. The highest BCUT2D eigenvalue weighted by molar-refractivity contribution is 7.89. The van der Waals surface area contributed by atoms with Crippen molar-refractivity contribution in [3.63, 3.8) is 0 Å². The molecule has 7 nitrogen and oxygen atoms in total. The van der Waals surface area contributed by atoms with E-state index in [4.69, 9.17) is 11.6 Å². The summed E-state index contributed by atoms with van der Waals surface area (Å²) in [5.74, 6) is -2.26. The third-order valence-electron chi connectivity index (χ3n) is 7.29. The number of sulfonamides is 1. The van der Waals surface area contributed by atoms with E-state index in [1.165, 1.54) is 12.1 Å². The van der Waals surface area contributed by atoms with Gasteiger partial charge in [0.2, 0.25) is 15.9 Å². The number of carbonyl (C=O) groups is 1. The summed E-state index contributed by atoms with van der Waals surface area (Å²) >= 11 is 5.88. The number of nitrogens with zero attached hydrogens (tertiary/aromatic N) is 2. The molecule has 0 radical (unpaired) electrons. The van der Waals surface area contributed by atoms with Gasteiger partial charge in [-0.25, -0.2) is 8.42 Å². The molecule has 0 spiro atoms. The zero-order valence-electron chi connectivity index (χ0n) is 20.5.